The molecule has 0 aromatic rings. The average Bonchev–Trinajstić information content (AvgIpc) is 2.12. The van der Waals surface area contributed by atoms with Gasteiger partial charge in [-0.3, -0.25) is 4.79 Å². The lowest BCUT2D eigenvalue weighted by Crippen LogP contribution is -2.61. The number of rotatable bonds is 1. The van der Waals surface area contributed by atoms with Gasteiger partial charge >= 0.3 is 5.97 Å². The number of carbonyl (C=O) groups excluding carboxylic acids is 1. The predicted molar refractivity (Wildman–Crippen MR) is 65.7 cm³/mol. The Kier molecular flexibility index (Phi) is 2.83. The molecule has 0 aliphatic heterocycles. The molecule has 3 rings (SSSR count). The van der Waals surface area contributed by atoms with E-state index in [4.69, 9.17) is 16.3 Å². The fourth-order valence-corrected chi connectivity index (χ4v) is 4.66. The Bertz CT molecular complexity index is 388. The standard InChI is InChI=1S/C13H19ClO3/c1-7-5-13(16)6-12(2,3)8(7)10(14)9(13)11(15)17-4/h5,8-10,16H,6H2,1-4H3/t8-,9-,10+,13+/m1/s1. The van der Waals surface area contributed by atoms with Crippen LogP contribution in [-0.4, -0.2) is 29.2 Å². The number of esters is 1. The predicted octanol–water partition coefficient (Wildman–Crippen LogP) is 2.12. The number of alkyl halides is 1. The van der Waals surface area contributed by atoms with Crippen LogP contribution in [0.4, 0.5) is 0 Å². The van der Waals surface area contributed by atoms with Crippen molar-refractivity contribution in [2.24, 2.45) is 17.3 Å². The molecule has 3 aliphatic carbocycles. The van der Waals surface area contributed by atoms with Gasteiger partial charge in [-0.25, -0.2) is 0 Å². The zero-order valence-corrected chi connectivity index (χ0v) is 11.4. The van der Waals surface area contributed by atoms with Crippen molar-refractivity contribution in [3.8, 4) is 0 Å². The van der Waals surface area contributed by atoms with Gasteiger partial charge in [0.05, 0.1) is 18.1 Å². The van der Waals surface area contributed by atoms with Crippen LogP contribution in [0.2, 0.25) is 0 Å². The SMILES string of the molecule is COC(=O)[C@H]1[C@@H](Cl)[C@H]2C(C)=C[C@]1(O)CC2(C)C. The summed E-state index contributed by atoms with van der Waals surface area (Å²) in [5, 5.41) is 10.3. The summed E-state index contributed by atoms with van der Waals surface area (Å²) in [5.41, 5.74) is -0.185. The third kappa shape index (κ3) is 1.71. The number of fused-ring (bicyclic) bond motifs is 2. The lowest BCUT2D eigenvalue weighted by atomic mass is 9.52. The van der Waals surface area contributed by atoms with Crippen molar-refractivity contribution < 1.29 is 14.6 Å². The Morgan fingerprint density at radius 2 is 2.18 bits per heavy atom. The molecule has 2 bridgehead atoms. The van der Waals surface area contributed by atoms with Crippen molar-refractivity contribution >= 4 is 17.6 Å². The molecule has 3 aliphatic rings. The number of aliphatic hydroxyl groups is 1. The zero-order valence-electron chi connectivity index (χ0n) is 10.7. The van der Waals surface area contributed by atoms with Crippen LogP contribution in [-0.2, 0) is 9.53 Å². The highest BCUT2D eigenvalue weighted by molar-refractivity contribution is 6.22. The molecule has 0 radical (unpaired) electrons. The summed E-state index contributed by atoms with van der Waals surface area (Å²) in [5.74, 6) is -0.963. The number of hydrogen-bond donors (Lipinski definition) is 1. The lowest BCUT2D eigenvalue weighted by molar-refractivity contribution is -0.163. The molecule has 3 nitrogen and oxygen atoms in total. The van der Waals surface area contributed by atoms with Crippen molar-refractivity contribution in [2.75, 3.05) is 7.11 Å². The summed E-state index contributed by atoms with van der Waals surface area (Å²) in [6.07, 6.45) is 2.34. The Hall–Kier alpha value is -0.540. The zero-order chi connectivity index (χ0) is 13.0. The second-order valence-electron chi connectivity index (χ2n) is 5.97. The van der Waals surface area contributed by atoms with E-state index < -0.39 is 22.9 Å². The summed E-state index contributed by atoms with van der Waals surface area (Å²) in [7, 11) is 1.33. The van der Waals surface area contributed by atoms with Gasteiger partial charge in [-0.05, 0) is 18.8 Å². The van der Waals surface area contributed by atoms with E-state index in [-0.39, 0.29) is 11.3 Å². The van der Waals surface area contributed by atoms with Gasteiger partial charge in [0.2, 0.25) is 0 Å². The Morgan fingerprint density at radius 1 is 1.59 bits per heavy atom. The minimum Gasteiger partial charge on any atom is -0.469 e. The normalized spacial score (nSPS) is 43.2. The molecule has 17 heavy (non-hydrogen) atoms. The molecule has 0 unspecified atom stereocenters. The second-order valence-corrected chi connectivity index (χ2v) is 6.47. The molecule has 1 N–H and O–H groups in total. The first-order valence-electron chi connectivity index (χ1n) is 5.86. The number of ether oxygens (including phenoxy) is 1. The van der Waals surface area contributed by atoms with Crippen molar-refractivity contribution in [2.45, 2.75) is 38.2 Å². The molecule has 0 aromatic heterocycles. The molecule has 1 saturated carbocycles. The largest absolute Gasteiger partial charge is 0.469 e. The molecule has 0 aromatic carbocycles. The van der Waals surface area contributed by atoms with Gasteiger partial charge in [0.15, 0.2) is 0 Å². The van der Waals surface area contributed by atoms with Gasteiger partial charge in [-0.2, -0.15) is 0 Å². The van der Waals surface area contributed by atoms with Crippen LogP contribution in [0.1, 0.15) is 27.2 Å². The van der Waals surface area contributed by atoms with E-state index in [0.717, 1.165) is 5.57 Å². The fraction of sp³-hybridized carbons (Fsp3) is 0.769. The van der Waals surface area contributed by atoms with Crippen molar-refractivity contribution in [1.29, 1.82) is 0 Å². The first-order chi connectivity index (χ1) is 7.73. The van der Waals surface area contributed by atoms with E-state index in [1.165, 1.54) is 7.11 Å². The quantitative estimate of drug-likeness (QED) is 0.445. The minimum absolute atomic E-state index is 0.0927. The van der Waals surface area contributed by atoms with Crippen LogP contribution >= 0.6 is 11.6 Å². The van der Waals surface area contributed by atoms with E-state index in [1.807, 2.05) is 6.92 Å². The van der Waals surface area contributed by atoms with E-state index in [1.54, 1.807) is 6.08 Å². The van der Waals surface area contributed by atoms with Crippen LogP contribution < -0.4 is 0 Å². The Labute approximate surface area is 107 Å². The summed E-state index contributed by atoms with van der Waals surface area (Å²) >= 11 is 6.42. The molecule has 4 atom stereocenters. The van der Waals surface area contributed by atoms with Gasteiger partial charge < -0.3 is 9.84 Å². The van der Waals surface area contributed by atoms with Crippen LogP contribution in [0.3, 0.4) is 0 Å². The Balaban J connectivity index is 2.49. The maximum absolute atomic E-state index is 11.8. The molecule has 0 spiro atoms. The molecule has 1 fully saturated rings. The monoisotopic (exact) mass is 258 g/mol. The first-order valence-corrected chi connectivity index (χ1v) is 6.30. The molecule has 4 heteroatoms. The number of carbonyl (C=O) groups is 1. The van der Waals surface area contributed by atoms with E-state index in [9.17, 15) is 9.90 Å². The van der Waals surface area contributed by atoms with Crippen molar-refractivity contribution in [3.05, 3.63) is 11.6 Å². The van der Waals surface area contributed by atoms with Crippen LogP contribution in [0.15, 0.2) is 11.6 Å². The number of hydrogen-bond acceptors (Lipinski definition) is 3. The molecule has 0 saturated heterocycles. The highest BCUT2D eigenvalue weighted by atomic mass is 35.5. The molecule has 0 amide bonds. The third-order valence-electron chi connectivity index (χ3n) is 4.18. The number of halogens is 1. The number of methoxy groups -OCH3 is 1. The van der Waals surface area contributed by atoms with Crippen molar-refractivity contribution in [1.82, 2.24) is 0 Å². The lowest BCUT2D eigenvalue weighted by Gasteiger charge is -2.56. The van der Waals surface area contributed by atoms with E-state index in [2.05, 4.69) is 13.8 Å². The number of allylic oxidation sites excluding steroid dienone is 1. The van der Waals surface area contributed by atoms with Gasteiger partial charge in [0.1, 0.15) is 5.92 Å². The van der Waals surface area contributed by atoms with Gasteiger partial charge in [-0.15, -0.1) is 11.6 Å². The highest BCUT2D eigenvalue weighted by Crippen LogP contribution is 2.57. The second kappa shape index (κ2) is 3.72. The third-order valence-corrected chi connectivity index (χ3v) is 4.68. The van der Waals surface area contributed by atoms with Crippen LogP contribution in [0.5, 0.6) is 0 Å². The minimum atomic E-state index is -1.16. The van der Waals surface area contributed by atoms with E-state index in [0.29, 0.717) is 6.42 Å². The van der Waals surface area contributed by atoms with Gasteiger partial charge in [0, 0.05) is 5.92 Å². The van der Waals surface area contributed by atoms with Crippen LogP contribution in [0.25, 0.3) is 0 Å². The first kappa shape index (κ1) is 12.9. The van der Waals surface area contributed by atoms with Gasteiger partial charge in [-0.1, -0.05) is 25.5 Å². The fourth-order valence-electron chi connectivity index (χ4n) is 3.80. The summed E-state index contributed by atoms with van der Waals surface area (Å²) < 4.78 is 4.77. The summed E-state index contributed by atoms with van der Waals surface area (Å²) in [6.45, 7) is 6.14. The Morgan fingerprint density at radius 3 is 2.59 bits per heavy atom. The summed E-state index contributed by atoms with van der Waals surface area (Å²) in [4.78, 5) is 11.8. The molecular weight excluding hydrogens is 240 g/mol. The van der Waals surface area contributed by atoms with E-state index >= 15 is 0 Å². The average molecular weight is 259 g/mol. The molecular formula is C13H19ClO3. The molecule has 96 valence electrons. The topological polar surface area (TPSA) is 46.5 Å². The van der Waals surface area contributed by atoms with Gasteiger partial charge in [0.25, 0.3) is 0 Å². The smallest absolute Gasteiger partial charge is 0.313 e. The maximum Gasteiger partial charge on any atom is 0.313 e. The van der Waals surface area contributed by atoms with Crippen molar-refractivity contribution in [3.63, 3.8) is 0 Å². The highest BCUT2D eigenvalue weighted by Gasteiger charge is 2.61. The maximum atomic E-state index is 11.8. The molecule has 0 heterocycles. The summed E-state index contributed by atoms with van der Waals surface area (Å²) in [6, 6.07) is 0. The van der Waals surface area contributed by atoms with Crippen LogP contribution in [0, 0.1) is 17.3 Å².